The number of carboxylic acid groups (broad SMARTS) is 2. The minimum Gasteiger partial charge on any atom is -0.477 e. The van der Waals surface area contributed by atoms with Gasteiger partial charge in [-0.1, -0.05) is 0 Å². The number of benzene rings is 2. The molecule has 4 rings (SSSR count). The van der Waals surface area contributed by atoms with Crippen LogP contribution in [0.3, 0.4) is 0 Å². The molecule has 2 heterocycles. The van der Waals surface area contributed by atoms with Crippen molar-refractivity contribution in [3.8, 4) is 11.4 Å². The first-order valence-electron chi connectivity index (χ1n) is 11.8. The largest absolute Gasteiger partial charge is 0.477 e. The van der Waals surface area contributed by atoms with E-state index in [1.54, 1.807) is 34.6 Å². The van der Waals surface area contributed by atoms with Crippen LogP contribution in [0.4, 0.5) is 8.78 Å². The number of hydrogen-bond donors (Lipinski definition) is 2. The number of rotatable bonds is 4. The highest BCUT2D eigenvalue weighted by atomic mass is 79.9. The van der Waals surface area contributed by atoms with Crippen molar-refractivity contribution < 1.29 is 28.6 Å². The lowest BCUT2D eigenvalue weighted by Gasteiger charge is -2.16. The van der Waals surface area contributed by atoms with E-state index in [1.165, 1.54) is 57.7 Å². The Labute approximate surface area is 235 Å². The number of hydrogen-bond acceptors (Lipinski definition) is 4. The Morgan fingerprint density at radius 3 is 1.35 bits per heavy atom. The van der Waals surface area contributed by atoms with E-state index in [2.05, 4.69) is 15.9 Å². The highest BCUT2D eigenvalue weighted by molar-refractivity contribution is 9.10. The molecule has 0 saturated carbocycles. The van der Waals surface area contributed by atoms with Gasteiger partial charge < -0.3 is 10.2 Å². The summed E-state index contributed by atoms with van der Waals surface area (Å²) in [7, 11) is 0. The lowest BCUT2D eigenvalue weighted by atomic mass is 10.0. The van der Waals surface area contributed by atoms with E-state index in [-0.39, 0.29) is 11.1 Å². The molecule has 0 fully saturated rings. The molecule has 4 aromatic rings. The lowest BCUT2D eigenvalue weighted by molar-refractivity contribution is 0.0682. The fraction of sp³-hybridized carbons (Fsp3) is 0.172. The molecule has 8 nitrogen and oxygen atoms in total. The molecule has 0 atom stereocenters. The normalized spacial score (nSPS) is 10.6. The number of carboxylic acids is 2. The van der Waals surface area contributed by atoms with Crippen molar-refractivity contribution in [2.45, 2.75) is 34.6 Å². The van der Waals surface area contributed by atoms with Gasteiger partial charge in [-0.25, -0.2) is 18.4 Å². The van der Waals surface area contributed by atoms with Gasteiger partial charge in [-0.2, -0.15) is 0 Å². The molecule has 40 heavy (non-hydrogen) atoms. The zero-order valence-corrected chi connectivity index (χ0v) is 23.8. The predicted molar refractivity (Wildman–Crippen MR) is 149 cm³/mol. The summed E-state index contributed by atoms with van der Waals surface area (Å²) in [6.45, 7) is 8.36. The van der Waals surface area contributed by atoms with Crippen molar-refractivity contribution in [1.82, 2.24) is 9.13 Å². The average Bonchev–Trinajstić information content (AvgIpc) is 2.88. The summed E-state index contributed by atoms with van der Waals surface area (Å²) >= 11 is 3.30. The summed E-state index contributed by atoms with van der Waals surface area (Å²) in [5, 5.41) is 18.4. The Morgan fingerprint density at radius 2 is 0.975 bits per heavy atom. The summed E-state index contributed by atoms with van der Waals surface area (Å²) in [4.78, 5) is 47.3. The van der Waals surface area contributed by atoms with Crippen molar-refractivity contribution in [2.75, 3.05) is 0 Å². The number of halogens is 3. The zero-order valence-electron chi connectivity index (χ0n) is 22.2. The third kappa shape index (κ3) is 5.64. The van der Waals surface area contributed by atoms with Crippen LogP contribution in [-0.4, -0.2) is 31.3 Å². The molecule has 2 aromatic carbocycles. The van der Waals surface area contributed by atoms with Crippen LogP contribution in [0.15, 0.2) is 62.6 Å². The van der Waals surface area contributed by atoms with Gasteiger partial charge in [0.1, 0.15) is 22.8 Å². The van der Waals surface area contributed by atoms with Gasteiger partial charge in [0.25, 0.3) is 11.1 Å². The number of carbonyl (C=O) groups is 2. The van der Waals surface area contributed by atoms with Gasteiger partial charge in [-0.3, -0.25) is 18.7 Å². The molecule has 0 saturated heterocycles. The topological polar surface area (TPSA) is 119 Å². The molecule has 0 unspecified atom stereocenters. The van der Waals surface area contributed by atoms with E-state index in [0.717, 1.165) is 5.56 Å². The van der Waals surface area contributed by atoms with Gasteiger partial charge in [0.05, 0.1) is 0 Å². The Bertz CT molecular complexity index is 1630. The molecule has 208 valence electrons. The maximum atomic E-state index is 13.0. The molecule has 0 spiro atoms. The number of pyridine rings is 2. The van der Waals surface area contributed by atoms with Crippen molar-refractivity contribution in [3.63, 3.8) is 0 Å². The molecule has 2 N–H and O–H groups in total. The van der Waals surface area contributed by atoms with Gasteiger partial charge in [0, 0.05) is 27.2 Å². The van der Waals surface area contributed by atoms with Crippen LogP contribution in [0.25, 0.3) is 11.4 Å². The van der Waals surface area contributed by atoms with E-state index < -0.39 is 34.7 Å². The van der Waals surface area contributed by atoms with E-state index in [0.29, 0.717) is 38.4 Å². The Kier molecular flexibility index (Phi) is 8.89. The molecule has 11 heteroatoms. The van der Waals surface area contributed by atoms with Gasteiger partial charge in [-0.15, -0.1) is 0 Å². The molecule has 0 bridgehead atoms. The molecule has 0 aliphatic rings. The minimum absolute atomic E-state index is 0.252. The highest BCUT2D eigenvalue weighted by Crippen LogP contribution is 2.24. The molecule has 0 radical (unpaired) electrons. The van der Waals surface area contributed by atoms with Crippen molar-refractivity contribution in [3.05, 3.63) is 125 Å². The smallest absolute Gasteiger partial charge is 0.341 e. The fourth-order valence-corrected chi connectivity index (χ4v) is 4.64. The van der Waals surface area contributed by atoms with Crippen LogP contribution >= 0.6 is 15.9 Å². The molecule has 0 aliphatic carbocycles. The lowest BCUT2D eigenvalue weighted by Crippen LogP contribution is -2.29. The second-order valence-corrected chi connectivity index (χ2v) is 9.75. The van der Waals surface area contributed by atoms with Crippen LogP contribution in [0, 0.1) is 46.3 Å². The van der Waals surface area contributed by atoms with Crippen molar-refractivity contribution in [1.29, 1.82) is 0 Å². The number of aromatic nitrogens is 2. The summed E-state index contributed by atoms with van der Waals surface area (Å²) in [6.07, 6.45) is 0. The third-order valence-corrected chi connectivity index (χ3v) is 7.77. The van der Waals surface area contributed by atoms with Gasteiger partial charge in [0.2, 0.25) is 0 Å². The second kappa shape index (κ2) is 11.8. The molecular formula is C29H25BrF2N2O6. The first kappa shape index (κ1) is 30.2. The van der Waals surface area contributed by atoms with Gasteiger partial charge in [-0.05, 0) is 116 Å². The Balaban J connectivity index is 0.000000220. The highest BCUT2D eigenvalue weighted by Gasteiger charge is 2.22. The van der Waals surface area contributed by atoms with Crippen LogP contribution in [0.5, 0.6) is 0 Å². The molecular weight excluding hydrogens is 590 g/mol. The zero-order chi connectivity index (χ0) is 30.0. The van der Waals surface area contributed by atoms with E-state index in [4.69, 9.17) is 0 Å². The number of aromatic carboxylic acids is 2. The van der Waals surface area contributed by atoms with E-state index in [1.807, 2.05) is 0 Å². The third-order valence-electron chi connectivity index (χ3n) is 6.60. The van der Waals surface area contributed by atoms with E-state index in [9.17, 15) is 38.2 Å². The van der Waals surface area contributed by atoms with Gasteiger partial charge in [0.15, 0.2) is 0 Å². The number of nitrogens with zero attached hydrogens (tertiary/aromatic N) is 2. The monoisotopic (exact) mass is 614 g/mol. The standard InChI is InChI=1S/C15H14FNO3.C14H11BrFNO3/c1-8-9(2)13(15(19)20)14(18)17(10(8)3)12-6-4-11(16)5-7-12;1-7-11(14(19)20)13(18)17(8(2)12(7)15)10-5-3-9(16)4-6-10/h4-7H,1-3H3,(H,19,20);3-6H,1-2H3,(H,19,20). The van der Waals surface area contributed by atoms with Crippen LogP contribution in [0.1, 0.15) is 48.8 Å². The Hall–Kier alpha value is -4.38. The summed E-state index contributed by atoms with van der Waals surface area (Å²) in [5.41, 5.74) is 1.82. The maximum absolute atomic E-state index is 13.0. The van der Waals surface area contributed by atoms with Crippen LogP contribution in [0.2, 0.25) is 0 Å². The first-order valence-corrected chi connectivity index (χ1v) is 12.6. The van der Waals surface area contributed by atoms with Crippen molar-refractivity contribution >= 4 is 27.9 Å². The summed E-state index contributed by atoms with van der Waals surface area (Å²) in [5.74, 6) is -3.39. The predicted octanol–water partition coefficient (Wildman–Crippen LogP) is 5.65. The summed E-state index contributed by atoms with van der Waals surface area (Å²) < 4.78 is 29.0. The maximum Gasteiger partial charge on any atom is 0.341 e. The fourth-order valence-electron chi connectivity index (χ4n) is 4.26. The van der Waals surface area contributed by atoms with Crippen LogP contribution < -0.4 is 11.1 Å². The van der Waals surface area contributed by atoms with E-state index >= 15 is 0 Å². The Morgan fingerprint density at radius 1 is 0.625 bits per heavy atom. The SMILES string of the molecule is Cc1c(Br)c(C)n(-c2ccc(F)cc2)c(=O)c1C(=O)O.Cc1c(C)c(C)n(-c2ccc(F)cc2)c(=O)c1C(=O)O. The van der Waals surface area contributed by atoms with Crippen LogP contribution in [-0.2, 0) is 0 Å². The average molecular weight is 615 g/mol. The molecule has 0 aliphatic heterocycles. The minimum atomic E-state index is -1.29. The second-order valence-electron chi connectivity index (χ2n) is 8.95. The molecule has 2 aromatic heterocycles. The first-order chi connectivity index (χ1) is 18.7. The van der Waals surface area contributed by atoms with Crippen molar-refractivity contribution in [2.24, 2.45) is 0 Å². The van der Waals surface area contributed by atoms with Gasteiger partial charge >= 0.3 is 11.9 Å². The summed E-state index contributed by atoms with van der Waals surface area (Å²) in [6, 6.07) is 10.7. The quantitative estimate of drug-likeness (QED) is 0.306. The molecule has 0 amide bonds.